The van der Waals surface area contributed by atoms with Crippen molar-refractivity contribution in [3.8, 4) is 0 Å². The molecule has 0 fully saturated rings. The zero-order valence-electron chi connectivity index (χ0n) is 23.5. The minimum absolute atomic E-state index is 0. The number of nitrogens with zero attached hydrogens (tertiary/aromatic N) is 1. The number of hydrogen-bond acceptors (Lipinski definition) is 5. The Labute approximate surface area is 239 Å². The Morgan fingerprint density at radius 2 is 0.839 bits per heavy atom. The van der Waals surface area contributed by atoms with E-state index in [0.29, 0.717) is 6.54 Å². The van der Waals surface area contributed by atoms with Gasteiger partial charge in [0.05, 0.1) is 6.54 Å². The standard InChI is InChI=1S/C24H47NO4.2Na.2H/c1-4-7-8-9-10-11-12-13-14-15-16-17-18-19-20-21-22-25(28-23(26)5-2)29-24(27)6-3;;;;/h4-22H2,1-3H3;;;;/q;2*+1;2*-1. The summed E-state index contributed by atoms with van der Waals surface area (Å²) >= 11 is 0. The molecule has 5 nitrogen and oxygen atoms in total. The zero-order chi connectivity index (χ0) is 21.6. The average molecular weight is 462 g/mol. The summed E-state index contributed by atoms with van der Waals surface area (Å²) in [5.74, 6) is -0.768. The van der Waals surface area contributed by atoms with Gasteiger partial charge in [-0.1, -0.05) is 117 Å². The van der Waals surface area contributed by atoms with Gasteiger partial charge in [0.25, 0.3) is 0 Å². The summed E-state index contributed by atoms with van der Waals surface area (Å²) in [6, 6.07) is 0. The minimum atomic E-state index is -0.384. The van der Waals surface area contributed by atoms with Crippen LogP contribution in [0.4, 0.5) is 0 Å². The Morgan fingerprint density at radius 3 is 1.13 bits per heavy atom. The maximum Gasteiger partial charge on any atom is 1.00 e. The van der Waals surface area contributed by atoms with Crippen molar-refractivity contribution in [3.63, 3.8) is 0 Å². The first-order valence-electron chi connectivity index (χ1n) is 12.3. The second-order valence-corrected chi connectivity index (χ2v) is 7.99. The maximum atomic E-state index is 11.4. The van der Waals surface area contributed by atoms with Crippen LogP contribution in [0, 0.1) is 0 Å². The quantitative estimate of drug-likeness (QED) is 0.147. The first kappa shape index (κ1) is 36.5. The summed E-state index contributed by atoms with van der Waals surface area (Å²) in [4.78, 5) is 32.9. The third kappa shape index (κ3) is 27.0. The number of carbonyl (C=O) groups excluding carboxylic acids is 2. The van der Waals surface area contributed by atoms with E-state index in [4.69, 9.17) is 9.68 Å². The first-order chi connectivity index (χ1) is 14.1. The van der Waals surface area contributed by atoms with Gasteiger partial charge in [-0.2, -0.15) is 0 Å². The summed E-state index contributed by atoms with van der Waals surface area (Å²) in [6.07, 6.45) is 21.5. The van der Waals surface area contributed by atoms with Crippen LogP contribution in [0.5, 0.6) is 0 Å². The molecule has 0 spiro atoms. The monoisotopic (exact) mass is 461 g/mol. The minimum Gasteiger partial charge on any atom is -1.00 e. The van der Waals surface area contributed by atoms with Crippen LogP contribution in [0.15, 0.2) is 0 Å². The molecule has 0 atom stereocenters. The van der Waals surface area contributed by atoms with Crippen molar-refractivity contribution in [3.05, 3.63) is 0 Å². The zero-order valence-corrected chi connectivity index (χ0v) is 25.5. The van der Waals surface area contributed by atoms with E-state index in [1.807, 2.05) is 0 Å². The Kier molecular flexibility index (Phi) is 34.0. The van der Waals surface area contributed by atoms with E-state index in [2.05, 4.69) is 6.92 Å². The van der Waals surface area contributed by atoms with Crippen molar-refractivity contribution < 1.29 is 81.2 Å². The Bertz CT molecular complexity index is 391. The SMILES string of the molecule is CCCCCCCCCCCCCCCCCCN(OC(=O)CC)OC(=O)CC.[H-].[H-].[Na+].[Na+]. The van der Waals surface area contributed by atoms with Crippen LogP contribution in [-0.2, 0) is 19.3 Å². The molecule has 0 heterocycles. The van der Waals surface area contributed by atoms with Crippen LogP contribution in [0.25, 0.3) is 0 Å². The van der Waals surface area contributed by atoms with Gasteiger partial charge >= 0.3 is 71.1 Å². The largest absolute Gasteiger partial charge is 1.00 e. The van der Waals surface area contributed by atoms with E-state index >= 15 is 0 Å². The fourth-order valence-electron chi connectivity index (χ4n) is 3.26. The van der Waals surface area contributed by atoms with Crippen molar-refractivity contribution in [2.75, 3.05) is 6.54 Å². The van der Waals surface area contributed by atoms with Crippen molar-refractivity contribution in [2.45, 2.75) is 136 Å². The van der Waals surface area contributed by atoms with Crippen LogP contribution < -0.4 is 59.1 Å². The van der Waals surface area contributed by atoms with Gasteiger partial charge in [0.15, 0.2) is 0 Å². The molecule has 0 aliphatic rings. The van der Waals surface area contributed by atoms with E-state index in [1.165, 1.54) is 89.9 Å². The molecule has 0 aromatic heterocycles. The molecular weight excluding hydrogens is 412 g/mol. The molecule has 0 rings (SSSR count). The molecule has 0 amide bonds. The molecule has 0 saturated heterocycles. The normalized spacial score (nSPS) is 10.3. The number of hydroxylamine groups is 2. The molecule has 0 N–H and O–H groups in total. The maximum absolute atomic E-state index is 11.4. The van der Waals surface area contributed by atoms with E-state index in [0.717, 1.165) is 18.1 Å². The number of rotatable bonds is 21. The number of carbonyl (C=O) groups is 2. The van der Waals surface area contributed by atoms with Gasteiger partial charge in [-0.3, -0.25) is 9.59 Å². The number of hydrogen-bond donors (Lipinski definition) is 0. The van der Waals surface area contributed by atoms with Crippen molar-refractivity contribution in [1.82, 2.24) is 5.23 Å². The summed E-state index contributed by atoms with van der Waals surface area (Å²) in [5, 5.41) is 1.06. The third-order valence-corrected chi connectivity index (χ3v) is 5.18. The summed E-state index contributed by atoms with van der Waals surface area (Å²) in [6.45, 7) is 6.15. The van der Waals surface area contributed by atoms with Crippen LogP contribution in [0.1, 0.15) is 139 Å². The second-order valence-electron chi connectivity index (χ2n) is 7.99. The molecule has 0 unspecified atom stereocenters. The molecule has 0 radical (unpaired) electrons. The van der Waals surface area contributed by atoms with E-state index in [-0.39, 0.29) is 86.7 Å². The van der Waals surface area contributed by atoms with Gasteiger partial charge in [0.2, 0.25) is 0 Å². The van der Waals surface area contributed by atoms with Crippen LogP contribution in [0.2, 0.25) is 0 Å². The first-order valence-corrected chi connectivity index (χ1v) is 12.3. The average Bonchev–Trinajstić information content (AvgIpc) is 2.72. The second kappa shape index (κ2) is 28.9. The van der Waals surface area contributed by atoms with Crippen molar-refractivity contribution in [2.24, 2.45) is 0 Å². The molecular formula is C24H49NNa2O4. The van der Waals surface area contributed by atoms with Crippen LogP contribution >= 0.6 is 0 Å². The fourth-order valence-corrected chi connectivity index (χ4v) is 3.26. The van der Waals surface area contributed by atoms with Gasteiger partial charge < -0.3 is 12.5 Å². The topological polar surface area (TPSA) is 55.8 Å². The van der Waals surface area contributed by atoms with Crippen molar-refractivity contribution in [1.29, 1.82) is 0 Å². The molecule has 0 aromatic carbocycles. The summed E-state index contributed by atoms with van der Waals surface area (Å²) < 4.78 is 0. The summed E-state index contributed by atoms with van der Waals surface area (Å²) in [5.41, 5.74) is 0. The van der Waals surface area contributed by atoms with E-state index in [1.54, 1.807) is 13.8 Å². The fraction of sp³-hybridized carbons (Fsp3) is 0.917. The van der Waals surface area contributed by atoms with Gasteiger partial charge in [-0.05, 0) is 6.42 Å². The molecule has 0 aliphatic carbocycles. The molecule has 7 heteroatoms. The van der Waals surface area contributed by atoms with Crippen molar-refractivity contribution >= 4 is 11.9 Å². The van der Waals surface area contributed by atoms with Crippen LogP contribution in [-0.4, -0.2) is 23.7 Å². The Morgan fingerprint density at radius 1 is 0.548 bits per heavy atom. The third-order valence-electron chi connectivity index (χ3n) is 5.18. The van der Waals surface area contributed by atoms with Gasteiger partial charge in [0.1, 0.15) is 0 Å². The summed E-state index contributed by atoms with van der Waals surface area (Å²) in [7, 11) is 0. The van der Waals surface area contributed by atoms with Crippen LogP contribution in [0.3, 0.4) is 0 Å². The predicted molar refractivity (Wildman–Crippen MR) is 121 cm³/mol. The predicted octanol–water partition coefficient (Wildman–Crippen LogP) is 1.52. The van der Waals surface area contributed by atoms with Gasteiger partial charge in [-0.15, -0.1) is 0 Å². The van der Waals surface area contributed by atoms with Gasteiger partial charge in [0, 0.05) is 18.1 Å². The van der Waals surface area contributed by atoms with E-state index < -0.39 is 0 Å². The van der Waals surface area contributed by atoms with Gasteiger partial charge in [-0.25, -0.2) is 0 Å². The molecule has 0 bridgehead atoms. The Hall–Kier alpha value is 0.900. The molecule has 0 aromatic rings. The Balaban J connectivity index is -0.000000653. The van der Waals surface area contributed by atoms with E-state index in [9.17, 15) is 9.59 Å². The molecule has 0 saturated carbocycles. The molecule has 176 valence electrons. The number of unbranched alkanes of at least 4 members (excludes halogenated alkanes) is 15. The molecule has 31 heavy (non-hydrogen) atoms. The molecule has 0 aliphatic heterocycles. The smallest absolute Gasteiger partial charge is 1.00 e.